The summed E-state index contributed by atoms with van der Waals surface area (Å²) < 4.78 is 20.8. The summed E-state index contributed by atoms with van der Waals surface area (Å²) in [5.74, 6) is -1.56. The predicted octanol–water partition coefficient (Wildman–Crippen LogP) is 4.99. The molecule has 7 heteroatoms. The lowest BCUT2D eigenvalue weighted by molar-refractivity contribution is 0.0697. The molecule has 0 radical (unpaired) electrons. The van der Waals surface area contributed by atoms with Crippen LogP contribution in [0.1, 0.15) is 26.3 Å². The summed E-state index contributed by atoms with van der Waals surface area (Å²) in [7, 11) is 0. The summed E-state index contributed by atoms with van der Waals surface area (Å²) >= 11 is 0. The second-order valence-electron chi connectivity index (χ2n) is 7.18. The maximum Gasteiger partial charge on any atom is 0.335 e. The van der Waals surface area contributed by atoms with Gasteiger partial charge < -0.3 is 9.84 Å². The molecule has 32 heavy (non-hydrogen) atoms. The zero-order valence-electron chi connectivity index (χ0n) is 16.5. The first-order valence-electron chi connectivity index (χ1n) is 9.72. The Bertz CT molecular complexity index is 1390. The zero-order chi connectivity index (χ0) is 22.2. The van der Waals surface area contributed by atoms with Gasteiger partial charge in [-0.15, -0.1) is 0 Å². The average molecular weight is 426 g/mol. The van der Waals surface area contributed by atoms with E-state index in [2.05, 4.69) is 5.10 Å². The highest BCUT2D eigenvalue weighted by Crippen LogP contribution is 2.34. The van der Waals surface area contributed by atoms with Crippen molar-refractivity contribution < 1.29 is 23.8 Å². The number of nitrogens with zero attached hydrogens (tertiary/aromatic N) is 2. The molecule has 0 unspecified atom stereocenters. The number of carboxylic acids is 1. The molecule has 4 aromatic rings. The summed E-state index contributed by atoms with van der Waals surface area (Å²) in [5, 5.41) is 13.8. The number of allylic oxidation sites excluding steroid dienone is 1. The zero-order valence-corrected chi connectivity index (χ0v) is 16.5. The van der Waals surface area contributed by atoms with Crippen LogP contribution >= 0.6 is 0 Å². The van der Waals surface area contributed by atoms with E-state index in [0.717, 1.165) is 5.69 Å². The monoisotopic (exact) mass is 426 g/mol. The van der Waals surface area contributed by atoms with Crippen molar-refractivity contribution in [2.24, 2.45) is 0 Å². The number of ether oxygens (including phenoxy) is 1. The number of ketones is 1. The van der Waals surface area contributed by atoms with Gasteiger partial charge in [0.25, 0.3) is 0 Å². The van der Waals surface area contributed by atoms with Gasteiger partial charge in [0.1, 0.15) is 17.3 Å². The van der Waals surface area contributed by atoms with Crippen LogP contribution in [0.3, 0.4) is 0 Å². The van der Waals surface area contributed by atoms with Gasteiger partial charge in [-0.05, 0) is 60.7 Å². The molecule has 0 saturated heterocycles. The highest BCUT2D eigenvalue weighted by molar-refractivity contribution is 6.15. The number of carbonyl (C=O) groups excluding carboxylic acids is 1. The van der Waals surface area contributed by atoms with Gasteiger partial charge in [-0.3, -0.25) is 4.79 Å². The van der Waals surface area contributed by atoms with Gasteiger partial charge in [0.15, 0.2) is 5.76 Å². The molecule has 5 rings (SSSR count). The smallest absolute Gasteiger partial charge is 0.335 e. The Balaban J connectivity index is 1.60. The molecule has 0 bridgehead atoms. The maximum absolute atomic E-state index is 13.4. The number of para-hydroxylation sites is 1. The molecule has 0 saturated carbocycles. The standard InChI is InChI=1S/C25H15FN2O4/c26-18-9-6-15(7-10-18)23-17(14-28(27-23)19-4-2-1-3-5-19)13-22-24(29)20-12-16(25(30)31)8-11-21(20)32-22/h1-14H,(H,30,31)/b22-13+. The minimum atomic E-state index is -1.12. The molecule has 1 N–H and O–H groups in total. The summed E-state index contributed by atoms with van der Waals surface area (Å²) in [6, 6.07) is 19.5. The molecule has 1 aliphatic heterocycles. The van der Waals surface area contributed by atoms with Crippen molar-refractivity contribution in [1.29, 1.82) is 0 Å². The summed E-state index contributed by atoms with van der Waals surface area (Å²) in [4.78, 5) is 24.1. The fourth-order valence-corrected chi connectivity index (χ4v) is 3.50. The number of carbonyl (C=O) groups is 2. The first-order chi connectivity index (χ1) is 15.5. The van der Waals surface area contributed by atoms with Crippen molar-refractivity contribution in [3.8, 4) is 22.7 Å². The van der Waals surface area contributed by atoms with Crippen molar-refractivity contribution in [3.05, 3.63) is 107 Å². The summed E-state index contributed by atoms with van der Waals surface area (Å²) in [6.45, 7) is 0. The van der Waals surface area contributed by atoms with Crippen molar-refractivity contribution in [3.63, 3.8) is 0 Å². The summed E-state index contributed by atoms with van der Waals surface area (Å²) in [6.07, 6.45) is 3.32. The van der Waals surface area contributed by atoms with E-state index in [0.29, 0.717) is 22.6 Å². The quantitative estimate of drug-likeness (QED) is 0.465. The van der Waals surface area contributed by atoms with Gasteiger partial charge in [-0.1, -0.05) is 18.2 Å². The molecule has 6 nitrogen and oxygen atoms in total. The molecule has 1 aromatic heterocycles. The second kappa shape index (κ2) is 7.63. The number of rotatable bonds is 4. The molecule has 0 fully saturated rings. The molecular weight excluding hydrogens is 411 g/mol. The van der Waals surface area contributed by atoms with Crippen molar-refractivity contribution in [1.82, 2.24) is 9.78 Å². The molecule has 0 aliphatic carbocycles. The lowest BCUT2D eigenvalue weighted by Gasteiger charge is -2.01. The third-order valence-electron chi connectivity index (χ3n) is 5.08. The Hall–Kier alpha value is -4.52. The molecule has 0 spiro atoms. The van der Waals surface area contributed by atoms with E-state index in [1.807, 2.05) is 30.3 Å². The molecule has 0 amide bonds. The number of benzene rings is 3. The number of fused-ring (bicyclic) bond motifs is 1. The van der Waals surface area contributed by atoms with Crippen LogP contribution in [-0.2, 0) is 0 Å². The number of carboxylic acid groups (broad SMARTS) is 1. The van der Waals surface area contributed by atoms with Gasteiger partial charge >= 0.3 is 5.97 Å². The second-order valence-corrected chi connectivity index (χ2v) is 7.18. The number of hydrogen-bond donors (Lipinski definition) is 1. The van der Waals surface area contributed by atoms with E-state index in [1.165, 1.54) is 30.3 Å². The van der Waals surface area contributed by atoms with Crippen LogP contribution in [0.15, 0.2) is 84.8 Å². The van der Waals surface area contributed by atoms with E-state index in [-0.39, 0.29) is 22.7 Å². The van der Waals surface area contributed by atoms with Crippen LogP contribution in [0.25, 0.3) is 23.0 Å². The van der Waals surface area contributed by atoms with Gasteiger partial charge in [-0.25, -0.2) is 13.9 Å². The van der Waals surface area contributed by atoms with E-state index in [1.54, 1.807) is 29.1 Å². The van der Waals surface area contributed by atoms with Gasteiger partial charge in [0.05, 0.1) is 16.8 Å². The maximum atomic E-state index is 13.4. The van der Waals surface area contributed by atoms with E-state index < -0.39 is 11.8 Å². The van der Waals surface area contributed by atoms with Crippen LogP contribution < -0.4 is 4.74 Å². The minimum Gasteiger partial charge on any atom is -0.478 e. The number of halogens is 1. The molecule has 2 heterocycles. The molecule has 1 aliphatic rings. The third kappa shape index (κ3) is 3.45. The molecule has 3 aromatic carbocycles. The number of aromatic carboxylic acids is 1. The normalized spacial score (nSPS) is 13.8. The van der Waals surface area contributed by atoms with E-state index in [4.69, 9.17) is 4.74 Å². The minimum absolute atomic E-state index is 0.00542. The van der Waals surface area contributed by atoms with Crippen molar-refractivity contribution >= 4 is 17.8 Å². The van der Waals surface area contributed by atoms with Crippen LogP contribution in [0, 0.1) is 5.82 Å². The SMILES string of the molecule is O=C(O)c1ccc2c(c1)C(=O)/C(=C\c1cn(-c3ccccc3)nc1-c1ccc(F)cc1)O2. The van der Waals surface area contributed by atoms with Crippen LogP contribution in [0.5, 0.6) is 5.75 Å². The van der Waals surface area contributed by atoms with Crippen LogP contribution in [0.2, 0.25) is 0 Å². The van der Waals surface area contributed by atoms with Crippen LogP contribution in [0.4, 0.5) is 4.39 Å². The lowest BCUT2D eigenvalue weighted by atomic mass is 10.0. The largest absolute Gasteiger partial charge is 0.478 e. The fourth-order valence-electron chi connectivity index (χ4n) is 3.50. The Morgan fingerprint density at radius 3 is 2.50 bits per heavy atom. The molecule has 0 atom stereocenters. The van der Waals surface area contributed by atoms with Gasteiger partial charge in [0.2, 0.25) is 5.78 Å². The van der Waals surface area contributed by atoms with E-state index >= 15 is 0 Å². The molecular formula is C25H15FN2O4. The fraction of sp³-hybridized carbons (Fsp3) is 0. The number of hydrogen-bond acceptors (Lipinski definition) is 4. The van der Waals surface area contributed by atoms with Crippen LogP contribution in [-0.4, -0.2) is 26.6 Å². The highest BCUT2D eigenvalue weighted by Gasteiger charge is 2.29. The van der Waals surface area contributed by atoms with Gasteiger partial charge in [0, 0.05) is 17.3 Å². The Kier molecular flexibility index (Phi) is 4.63. The number of aromatic nitrogens is 2. The van der Waals surface area contributed by atoms with Crippen molar-refractivity contribution in [2.45, 2.75) is 0 Å². The topological polar surface area (TPSA) is 81.4 Å². The number of Topliss-reactive ketones (excluding diaryl/α,β-unsaturated/α-hetero) is 1. The molecule has 156 valence electrons. The third-order valence-corrected chi connectivity index (χ3v) is 5.08. The summed E-state index contributed by atoms with van der Waals surface area (Å²) in [5.41, 5.74) is 2.81. The van der Waals surface area contributed by atoms with Gasteiger partial charge in [-0.2, -0.15) is 5.10 Å². The Morgan fingerprint density at radius 2 is 1.78 bits per heavy atom. The average Bonchev–Trinajstić information content (AvgIpc) is 3.36. The Morgan fingerprint density at radius 1 is 1.03 bits per heavy atom. The first-order valence-corrected chi connectivity index (χ1v) is 9.72. The first kappa shape index (κ1) is 19.4. The van der Waals surface area contributed by atoms with E-state index in [9.17, 15) is 19.1 Å². The lowest BCUT2D eigenvalue weighted by Crippen LogP contribution is -2.00. The highest BCUT2D eigenvalue weighted by atomic mass is 19.1. The van der Waals surface area contributed by atoms with Crippen molar-refractivity contribution in [2.75, 3.05) is 0 Å². The Labute approximate surface area is 181 Å². The predicted molar refractivity (Wildman–Crippen MR) is 115 cm³/mol.